The largest absolute Gasteiger partial charge is 0.573 e. The number of alkyl halides is 4. The van der Waals surface area contributed by atoms with Crippen molar-refractivity contribution in [3.63, 3.8) is 0 Å². The molecule has 0 aliphatic carbocycles. The van der Waals surface area contributed by atoms with Crippen LogP contribution in [-0.4, -0.2) is 11.5 Å². The summed E-state index contributed by atoms with van der Waals surface area (Å²) < 4.78 is 39.0. The Morgan fingerprint density at radius 1 is 1.29 bits per heavy atom. The van der Waals surface area contributed by atoms with Crippen LogP contribution in [0.25, 0.3) is 0 Å². The summed E-state index contributed by atoms with van der Waals surface area (Å²) in [7, 11) is 0. The minimum atomic E-state index is -4.74. The third kappa shape index (κ3) is 3.45. The Balaban J connectivity index is 2.92. The fourth-order valence-corrected chi connectivity index (χ4v) is 1.24. The maximum Gasteiger partial charge on any atom is 0.573 e. The molecule has 2 nitrogen and oxygen atoms in total. The summed E-state index contributed by atoms with van der Waals surface area (Å²) in [5, 5.41) is 9.40. The van der Waals surface area contributed by atoms with Gasteiger partial charge in [-0.1, -0.05) is 15.9 Å². The van der Waals surface area contributed by atoms with E-state index in [0.717, 1.165) is 6.07 Å². The maximum absolute atomic E-state index is 11.8. The maximum atomic E-state index is 11.8. The van der Waals surface area contributed by atoms with Gasteiger partial charge in [0, 0.05) is 11.4 Å². The Morgan fingerprint density at radius 3 is 2.43 bits per heavy atom. The van der Waals surface area contributed by atoms with Crippen LogP contribution >= 0.6 is 15.9 Å². The van der Waals surface area contributed by atoms with E-state index in [-0.39, 0.29) is 5.75 Å². The normalized spacial score (nSPS) is 11.4. The molecule has 6 heteroatoms. The van der Waals surface area contributed by atoms with Gasteiger partial charge in [-0.05, 0) is 17.7 Å². The number of phenolic OH excluding ortho intramolecular Hbond substituents is 1. The Bertz CT molecular complexity index is 325. The average molecular weight is 271 g/mol. The van der Waals surface area contributed by atoms with Crippen LogP contribution in [0.15, 0.2) is 18.2 Å². The van der Waals surface area contributed by atoms with Crippen molar-refractivity contribution in [3.05, 3.63) is 23.8 Å². The van der Waals surface area contributed by atoms with Crippen molar-refractivity contribution in [1.29, 1.82) is 0 Å². The number of halogens is 4. The number of aromatic hydroxyl groups is 1. The van der Waals surface area contributed by atoms with E-state index >= 15 is 0 Å². The number of hydrogen-bond acceptors (Lipinski definition) is 2. The van der Waals surface area contributed by atoms with E-state index in [0.29, 0.717) is 10.9 Å². The smallest absolute Gasteiger partial charge is 0.508 e. The molecule has 0 aliphatic rings. The Labute approximate surface area is 86.4 Å². The van der Waals surface area contributed by atoms with Crippen LogP contribution in [0, 0.1) is 0 Å². The van der Waals surface area contributed by atoms with Crippen LogP contribution in [-0.2, 0) is 5.33 Å². The summed E-state index contributed by atoms with van der Waals surface area (Å²) in [6.07, 6.45) is -4.74. The fraction of sp³-hybridized carbons (Fsp3) is 0.250. The molecule has 0 bridgehead atoms. The van der Waals surface area contributed by atoms with Crippen molar-refractivity contribution in [1.82, 2.24) is 0 Å². The van der Waals surface area contributed by atoms with Crippen LogP contribution in [0.4, 0.5) is 13.2 Å². The lowest BCUT2D eigenvalue weighted by Gasteiger charge is -2.09. The second-order valence-electron chi connectivity index (χ2n) is 2.52. The van der Waals surface area contributed by atoms with E-state index < -0.39 is 12.1 Å². The first kappa shape index (κ1) is 11.2. The summed E-state index contributed by atoms with van der Waals surface area (Å²) in [6, 6.07) is 3.44. The highest BCUT2D eigenvalue weighted by atomic mass is 79.9. The van der Waals surface area contributed by atoms with Crippen molar-refractivity contribution in [2.75, 3.05) is 0 Å². The van der Waals surface area contributed by atoms with E-state index in [4.69, 9.17) is 5.11 Å². The average Bonchev–Trinajstić information content (AvgIpc) is 1.99. The van der Waals surface area contributed by atoms with E-state index in [1.54, 1.807) is 0 Å². The predicted molar refractivity (Wildman–Crippen MR) is 47.4 cm³/mol. The molecule has 0 amide bonds. The molecule has 1 N–H and O–H groups in total. The van der Waals surface area contributed by atoms with Crippen molar-refractivity contribution < 1.29 is 23.0 Å². The number of phenols is 1. The zero-order chi connectivity index (χ0) is 10.8. The van der Waals surface area contributed by atoms with E-state index in [9.17, 15) is 13.2 Å². The van der Waals surface area contributed by atoms with Crippen molar-refractivity contribution in [3.8, 4) is 11.5 Å². The molecule has 1 rings (SSSR count). The summed E-state index contributed by atoms with van der Waals surface area (Å²) in [5.41, 5.74) is 0.504. The first-order chi connectivity index (χ1) is 6.40. The molecule has 1 aromatic rings. The zero-order valence-corrected chi connectivity index (χ0v) is 8.39. The first-order valence-corrected chi connectivity index (χ1v) is 4.67. The highest BCUT2D eigenvalue weighted by Crippen LogP contribution is 2.28. The quantitative estimate of drug-likeness (QED) is 0.837. The number of hydrogen-bond donors (Lipinski definition) is 1. The second kappa shape index (κ2) is 4.08. The Morgan fingerprint density at radius 2 is 1.93 bits per heavy atom. The third-order valence-corrected chi connectivity index (χ3v) is 1.99. The molecule has 14 heavy (non-hydrogen) atoms. The first-order valence-electron chi connectivity index (χ1n) is 3.55. The minimum Gasteiger partial charge on any atom is -0.508 e. The lowest BCUT2D eigenvalue weighted by Crippen LogP contribution is -2.17. The molecule has 0 saturated heterocycles. The molecule has 0 saturated carbocycles. The lowest BCUT2D eigenvalue weighted by molar-refractivity contribution is -0.274. The molecule has 78 valence electrons. The van der Waals surface area contributed by atoms with Gasteiger partial charge >= 0.3 is 6.36 Å². The van der Waals surface area contributed by atoms with E-state index in [1.807, 2.05) is 0 Å². The standard InChI is InChI=1S/C8H6BrF3O2/c9-4-5-1-6(13)3-7(2-5)14-8(10,11)12/h1-3,13H,4H2. The van der Waals surface area contributed by atoms with E-state index in [2.05, 4.69) is 20.7 Å². The molecular formula is C8H6BrF3O2. The molecule has 0 atom stereocenters. The topological polar surface area (TPSA) is 29.5 Å². The minimum absolute atomic E-state index is 0.263. The van der Waals surface area contributed by atoms with Gasteiger partial charge in [0.05, 0.1) is 0 Å². The summed E-state index contributed by atoms with van der Waals surface area (Å²) in [6.45, 7) is 0. The molecule has 0 radical (unpaired) electrons. The van der Waals surface area contributed by atoms with Gasteiger partial charge < -0.3 is 9.84 Å². The number of benzene rings is 1. The summed E-state index contributed by atoms with van der Waals surface area (Å²) in [4.78, 5) is 0. The van der Waals surface area contributed by atoms with Crippen molar-refractivity contribution in [2.45, 2.75) is 11.7 Å². The molecule has 0 spiro atoms. The Hall–Kier alpha value is -0.910. The van der Waals surface area contributed by atoms with Crippen LogP contribution in [0.3, 0.4) is 0 Å². The monoisotopic (exact) mass is 270 g/mol. The van der Waals surface area contributed by atoms with Gasteiger partial charge in [0.15, 0.2) is 0 Å². The van der Waals surface area contributed by atoms with Crippen molar-refractivity contribution >= 4 is 15.9 Å². The molecule has 0 aliphatic heterocycles. The van der Waals surface area contributed by atoms with Crippen LogP contribution < -0.4 is 4.74 Å². The molecular weight excluding hydrogens is 265 g/mol. The highest BCUT2D eigenvalue weighted by Gasteiger charge is 2.31. The van der Waals surface area contributed by atoms with Crippen LogP contribution in [0.2, 0.25) is 0 Å². The van der Waals surface area contributed by atoms with Gasteiger partial charge in [-0.3, -0.25) is 0 Å². The molecule has 0 heterocycles. The molecule has 0 unspecified atom stereocenters. The van der Waals surface area contributed by atoms with Crippen molar-refractivity contribution in [2.24, 2.45) is 0 Å². The SMILES string of the molecule is Oc1cc(CBr)cc(OC(F)(F)F)c1. The van der Waals surface area contributed by atoms with Crippen LogP contribution in [0.1, 0.15) is 5.56 Å². The van der Waals surface area contributed by atoms with Gasteiger partial charge in [0.1, 0.15) is 11.5 Å². The highest BCUT2D eigenvalue weighted by molar-refractivity contribution is 9.08. The lowest BCUT2D eigenvalue weighted by atomic mass is 10.2. The van der Waals surface area contributed by atoms with Gasteiger partial charge in [-0.2, -0.15) is 0 Å². The Kier molecular flexibility index (Phi) is 3.25. The van der Waals surface area contributed by atoms with E-state index in [1.165, 1.54) is 12.1 Å². The van der Waals surface area contributed by atoms with Gasteiger partial charge in [0.2, 0.25) is 0 Å². The molecule has 0 fully saturated rings. The predicted octanol–water partition coefficient (Wildman–Crippen LogP) is 3.19. The molecule has 1 aromatic carbocycles. The van der Waals surface area contributed by atoms with Crippen LogP contribution in [0.5, 0.6) is 11.5 Å². The third-order valence-electron chi connectivity index (χ3n) is 1.34. The summed E-state index contributed by atoms with van der Waals surface area (Å²) in [5.74, 6) is -0.687. The van der Waals surface area contributed by atoms with Gasteiger partial charge in [-0.15, -0.1) is 13.2 Å². The number of rotatable bonds is 2. The summed E-state index contributed by atoms with van der Waals surface area (Å²) >= 11 is 3.06. The fourth-order valence-electron chi connectivity index (χ4n) is 0.913. The second-order valence-corrected chi connectivity index (χ2v) is 3.08. The zero-order valence-electron chi connectivity index (χ0n) is 6.81. The number of ether oxygens (including phenoxy) is 1. The van der Waals surface area contributed by atoms with Gasteiger partial charge in [0.25, 0.3) is 0 Å². The van der Waals surface area contributed by atoms with Gasteiger partial charge in [-0.25, -0.2) is 0 Å². The molecule has 0 aromatic heterocycles.